The SMILES string of the molecule is O=Cc1cccc(OCNC(=O)OCc2ccccc2)c1Br. The third kappa shape index (κ3) is 4.60. The zero-order valence-corrected chi connectivity index (χ0v) is 13.2. The van der Waals surface area contributed by atoms with Crippen LogP contribution in [-0.4, -0.2) is 19.1 Å². The van der Waals surface area contributed by atoms with E-state index in [1.807, 2.05) is 30.3 Å². The number of benzene rings is 2. The molecule has 22 heavy (non-hydrogen) atoms. The lowest BCUT2D eigenvalue weighted by molar-refractivity contribution is 0.112. The molecule has 0 aliphatic rings. The summed E-state index contributed by atoms with van der Waals surface area (Å²) in [6.45, 7) is 0.130. The Balaban J connectivity index is 1.76. The van der Waals surface area contributed by atoms with Crippen molar-refractivity contribution >= 4 is 28.3 Å². The molecule has 0 unspecified atom stereocenters. The summed E-state index contributed by atoms with van der Waals surface area (Å²) in [5.41, 5.74) is 1.38. The molecule has 6 heteroatoms. The van der Waals surface area contributed by atoms with Crippen molar-refractivity contribution in [1.82, 2.24) is 5.32 Å². The molecule has 0 aliphatic heterocycles. The van der Waals surface area contributed by atoms with Crippen LogP contribution in [0.15, 0.2) is 53.0 Å². The smallest absolute Gasteiger partial charge is 0.410 e. The summed E-state index contributed by atoms with van der Waals surface area (Å²) in [4.78, 5) is 22.3. The van der Waals surface area contributed by atoms with E-state index in [9.17, 15) is 9.59 Å². The second-order valence-corrected chi connectivity index (χ2v) is 5.10. The lowest BCUT2D eigenvalue weighted by atomic mass is 10.2. The first-order valence-corrected chi connectivity index (χ1v) is 7.31. The number of hydrogen-bond acceptors (Lipinski definition) is 4. The zero-order valence-electron chi connectivity index (χ0n) is 11.6. The van der Waals surface area contributed by atoms with E-state index in [0.717, 1.165) is 11.8 Å². The maximum Gasteiger partial charge on any atom is 0.410 e. The summed E-state index contributed by atoms with van der Waals surface area (Å²) < 4.78 is 11.0. The van der Waals surface area contributed by atoms with Crippen LogP contribution in [0.2, 0.25) is 0 Å². The van der Waals surface area contributed by atoms with Crippen LogP contribution in [0.1, 0.15) is 15.9 Å². The van der Waals surface area contributed by atoms with Crippen molar-refractivity contribution < 1.29 is 19.1 Å². The number of alkyl carbamates (subject to hydrolysis) is 1. The van der Waals surface area contributed by atoms with Gasteiger partial charge in [0, 0.05) is 5.56 Å². The number of carbonyl (C=O) groups is 2. The van der Waals surface area contributed by atoms with Gasteiger partial charge in [-0.1, -0.05) is 42.5 Å². The first kappa shape index (κ1) is 16.0. The molecule has 1 N–H and O–H groups in total. The zero-order chi connectivity index (χ0) is 15.8. The molecule has 0 saturated heterocycles. The molecule has 0 aromatic heterocycles. The highest BCUT2D eigenvalue weighted by atomic mass is 79.9. The normalized spacial score (nSPS) is 9.86. The Labute approximate surface area is 136 Å². The Morgan fingerprint density at radius 2 is 1.91 bits per heavy atom. The third-order valence-electron chi connectivity index (χ3n) is 2.78. The molecule has 114 valence electrons. The van der Waals surface area contributed by atoms with Crippen LogP contribution in [0.25, 0.3) is 0 Å². The van der Waals surface area contributed by atoms with Crippen LogP contribution in [0.4, 0.5) is 4.79 Å². The summed E-state index contributed by atoms with van der Waals surface area (Å²) in [6.07, 6.45) is 0.143. The summed E-state index contributed by atoms with van der Waals surface area (Å²) >= 11 is 3.27. The number of amides is 1. The summed E-state index contributed by atoms with van der Waals surface area (Å²) in [7, 11) is 0. The van der Waals surface area contributed by atoms with Gasteiger partial charge in [0.05, 0.1) is 4.47 Å². The van der Waals surface area contributed by atoms with Crippen molar-refractivity contribution in [3.05, 3.63) is 64.1 Å². The highest BCUT2D eigenvalue weighted by Crippen LogP contribution is 2.27. The number of hydrogen-bond donors (Lipinski definition) is 1. The minimum Gasteiger partial charge on any atom is -0.472 e. The maximum absolute atomic E-state index is 11.5. The first-order chi connectivity index (χ1) is 10.7. The molecule has 0 fully saturated rings. The molecule has 0 aliphatic carbocycles. The Morgan fingerprint density at radius 1 is 1.14 bits per heavy atom. The quantitative estimate of drug-likeness (QED) is 0.629. The molecule has 1 amide bonds. The van der Waals surface area contributed by atoms with Gasteiger partial charge in [-0.25, -0.2) is 4.79 Å². The maximum atomic E-state index is 11.5. The number of ether oxygens (including phenoxy) is 2. The van der Waals surface area contributed by atoms with E-state index in [1.165, 1.54) is 0 Å². The first-order valence-electron chi connectivity index (χ1n) is 6.51. The van der Waals surface area contributed by atoms with E-state index in [4.69, 9.17) is 9.47 Å². The van der Waals surface area contributed by atoms with Gasteiger partial charge in [0.25, 0.3) is 0 Å². The summed E-state index contributed by atoms with van der Waals surface area (Å²) in [5.74, 6) is 0.466. The summed E-state index contributed by atoms with van der Waals surface area (Å²) in [5, 5.41) is 2.47. The van der Waals surface area contributed by atoms with Crippen LogP contribution >= 0.6 is 15.9 Å². The highest BCUT2D eigenvalue weighted by Gasteiger charge is 2.07. The van der Waals surface area contributed by atoms with Crippen molar-refractivity contribution in [3.63, 3.8) is 0 Å². The van der Waals surface area contributed by atoms with Gasteiger partial charge in [0.2, 0.25) is 0 Å². The molecule has 0 radical (unpaired) electrons. The van der Waals surface area contributed by atoms with Crippen LogP contribution < -0.4 is 10.1 Å². The molecule has 0 heterocycles. The third-order valence-corrected chi connectivity index (χ3v) is 3.63. The molecule has 0 saturated carbocycles. The Morgan fingerprint density at radius 3 is 2.64 bits per heavy atom. The van der Waals surface area contributed by atoms with Gasteiger partial charge in [-0.3, -0.25) is 10.1 Å². The molecule has 5 nitrogen and oxygen atoms in total. The number of halogens is 1. The van der Waals surface area contributed by atoms with Crippen molar-refractivity contribution in [2.24, 2.45) is 0 Å². The van der Waals surface area contributed by atoms with Gasteiger partial charge in [-0.2, -0.15) is 0 Å². The topological polar surface area (TPSA) is 64.6 Å². The fourth-order valence-electron chi connectivity index (χ4n) is 1.68. The fourth-order valence-corrected chi connectivity index (χ4v) is 2.15. The minimum atomic E-state index is -0.577. The Kier molecular flexibility index (Phi) is 5.97. The van der Waals surface area contributed by atoms with E-state index in [0.29, 0.717) is 15.8 Å². The average Bonchev–Trinajstić information content (AvgIpc) is 2.55. The van der Waals surface area contributed by atoms with E-state index in [2.05, 4.69) is 21.2 Å². The Hall–Kier alpha value is -2.34. The Bertz CT molecular complexity index is 646. The van der Waals surface area contributed by atoms with E-state index in [-0.39, 0.29) is 13.3 Å². The number of aldehydes is 1. The van der Waals surface area contributed by atoms with Crippen molar-refractivity contribution in [3.8, 4) is 5.75 Å². The van der Waals surface area contributed by atoms with Gasteiger partial charge >= 0.3 is 6.09 Å². The van der Waals surface area contributed by atoms with Crippen molar-refractivity contribution in [2.45, 2.75) is 6.61 Å². The number of nitrogens with one attached hydrogen (secondary N) is 1. The molecule has 2 rings (SSSR count). The molecule has 0 atom stereocenters. The van der Waals surface area contributed by atoms with Gasteiger partial charge < -0.3 is 9.47 Å². The van der Waals surface area contributed by atoms with Crippen LogP contribution in [-0.2, 0) is 11.3 Å². The van der Waals surface area contributed by atoms with Crippen LogP contribution in [0.5, 0.6) is 5.75 Å². The molecule has 0 bridgehead atoms. The van der Waals surface area contributed by atoms with E-state index < -0.39 is 6.09 Å². The predicted molar refractivity (Wildman–Crippen MR) is 84.8 cm³/mol. The molecular weight excluding hydrogens is 350 g/mol. The van der Waals surface area contributed by atoms with Gasteiger partial charge in [0.1, 0.15) is 12.4 Å². The van der Waals surface area contributed by atoms with Crippen molar-refractivity contribution in [2.75, 3.05) is 6.73 Å². The average molecular weight is 364 g/mol. The summed E-state index contributed by atoms with van der Waals surface area (Å²) in [6, 6.07) is 14.4. The number of carbonyl (C=O) groups excluding carboxylic acids is 2. The largest absolute Gasteiger partial charge is 0.472 e. The second-order valence-electron chi connectivity index (χ2n) is 4.30. The number of rotatable bonds is 6. The van der Waals surface area contributed by atoms with Crippen LogP contribution in [0, 0.1) is 0 Å². The monoisotopic (exact) mass is 363 g/mol. The van der Waals surface area contributed by atoms with E-state index >= 15 is 0 Å². The molecule has 2 aromatic rings. The molecule has 2 aromatic carbocycles. The van der Waals surface area contributed by atoms with Crippen LogP contribution in [0.3, 0.4) is 0 Å². The lowest BCUT2D eigenvalue weighted by Crippen LogP contribution is -2.28. The van der Waals surface area contributed by atoms with E-state index in [1.54, 1.807) is 18.2 Å². The fraction of sp³-hybridized carbons (Fsp3) is 0.125. The minimum absolute atomic E-state index is 0.0610. The highest BCUT2D eigenvalue weighted by molar-refractivity contribution is 9.10. The van der Waals surface area contributed by atoms with Gasteiger partial charge in [-0.05, 0) is 27.6 Å². The second kappa shape index (κ2) is 8.19. The predicted octanol–water partition coefficient (Wildman–Crippen LogP) is 3.52. The molecule has 0 spiro atoms. The standard InChI is InChI=1S/C16H14BrNO4/c17-15-13(9-19)7-4-8-14(15)22-11-18-16(20)21-10-12-5-2-1-3-6-12/h1-9H,10-11H2,(H,18,20). The van der Waals surface area contributed by atoms with Gasteiger partial charge in [0.15, 0.2) is 13.0 Å². The van der Waals surface area contributed by atoms with Gasteiger partial charge in [-0.15, -0.1) is 0 Å². The lowest BCUT2D eigenvalue weighted by Gasteiger charge is -2.10. The molecular formula is C16H14BrNO4. The van der Waals surface area contributed by atoms with Crippen molar-refractivity contribution in [1.29, 1.82) is 0 Å².